The number of para-hydroxylation sites is 1. The molecule has 1 aliphatic rings. The van der Waals surface area contributed by atoms with Crippen molar-refractivity contribution in [2.24, 2.45) is 0 Å². The first kappa shape index (κ1) is 15.6. The molecule has 0 unspecified atom stereocenters. The van der Waals surface area contributed by atoms with Gasteiger partial charge in [-0.25, -0.2) is 4.68 Å². The Morgan fingerprint density at radius 1 is 1.28 bits per heavy atom. The summed E-state index contributed by atoms with van der Waals surface area (Å²) in [6.07, 6.45) is 7.17. The highest BCUT2D eigenvalue weighted by Gasteiger charge is 2.31. The van der Waals surface area contributed by atoms with Gasteiger partial charge in [0.05, 0.1) is 41.9 Å². The third-order valence-corrected chi connectivity index (χ3v) is 4.75. The first-order valence-corrected chi connectivity index (χ1v) is 8.49. The molecule has 1 fully saturated rings. The summed E-state index contributed by atoms with van der Waals surface area (Å²) in [6, 6.07) is 10.0. The lowest BCUT2D eigenvalue weighted by Gasteiger charge is -2.24. The monoisotopic (exact) mass is 336 g/mol. The lowest BCUT2D eigenvalue weighted by atomic mass is 10.2. The summed E-state index contributed by atoms with van der Waals surface area (Å²) in [5.41, 5.74) is 2.48. The number of nitrogens with zero attached hydrogens (tertiary/aromatic N) is 6. The zero-order chi connectivity index (χ0) is 17.2. The fraction of sp³-hybridized carbons (Fsp3) is 0.333. The average Bonchev–Trinajstić information content (AvgIpc) is 3.37. The van der Waals surface area contributed by atoms with Gasteiger partial charge in [0.15, 0.2) is 0 Å². The Morgan fingerprint density at radius 3 is 2.88 bits per heavy atom. The molecule has 1 aliphatic heterocycles. The summed E-state index contributed by atoms with van der Waals surface area (Å²) in [6.45, 7) is 3.39. The Morgan fingerprint density at radius 2 is 2.12 bits per heavy atom. The number of likely N-dealkylation sites (tertiary alicyclic amines) is 1. The van der Waals surface area contributed by atoms with Crippen LogP contribution in [-0.2, 0) is 6.54 Å². The first-order chi connectivity index (χ1) is 12.2. The van der Waals surface area contributed by atoms with Crippen molar-refractivity contribution in [2.75, 3.05) is 6.54 Å². The van der Waals surface area contributed by atoms with Crippen LogP contribution in [0.3, 0.4) is 0 Å². The predicted molar refractivity (Wildman–Crippen MR) is 92.4 cm³/mol. The van der Waals surface area contributed by atoms with Crippen LogP contribution in [0.2, 0.25) is 0 Å². The maximum Gasteiger partial charge on any atom is 0.257 e. The fourth-order valence-corrected chi connectivity index (χ4v) is 3.44. The normalized spacial score (nSPS) is 17.2. The van der Waals surface area contributed by atoms with Gasteiger partial charge in [0.25, 0.3) is 5.91 Å². The van der Waals surface area contributed by atoms with Crippen LogP contribution in [0.4, 0.5) is 0 Å². The SMILES string of the molecule is Cc1c(C(=O)N2CCC[C@H]2Cn2ccnn2)cnn1-c1ccccc1. The number of benzene rings is 1. The molecule has 0 saturated carbocycles. The molecule has 7 heteroatoms. The molecule has 3 aromatic rings. The van der Waals surface area contributed by atoms with E-state index >= 15 is 0 Å². The van der Waals surface area contributed by atoms with Gasteiger partial charge in [-0.15, -0.1) is 5.10 Å². The largest absolute Gasteiger partial charge is 0.334 e. The van der Waals surface area contributed by atoms with Crippen LogP contribution in [0, 0.1) is 6.92 Å². The number of hydrogen-bond acceptors (Lipinski definition) is 4. The van der Waals surface area contributed by atoms with Crippen molar-refractivity contribution in [3.8, 4) is 5.69 Å². The zero-order valence-corrected chi connectivity index (χ0v) is 14.1. The van der Waals surface area contributed by atoms with Gasteiger partial charge in [0, 0.05) is 12.7 Å². The van der Waals surface area contributed by atoms with E-state index in [-0.39, 0.29) is 11.9 Å². The number of aromatic nitrogens is 5. The third-order valence-electron chi connectivity index (χ3n) is 4.75. The Hall–Kier alpha value is -2.96. The fourth-order valence-electron chi connectivity index (χ4n) is 3.44. The number of hydrogen-bond donors (Lipinski definition) is 0. The van der Waals surface area contributed by atoms with Crippen molar-refractivity contribution >= 4 is 5.91 Å². The Balaban J connectivity index is 1.57. The van der Waals surface area contributed by atoms with Gasteiger partial charge in [0.2, 0.25) is 0 Å². The summed E-state index contributed by atoms with van der Waals surface area (Å²) in [4.78, 5) is 15.0. The molecule has 25 heavy (non-hydrogen) atoms. The molecule has 0 bridgehead atoms. The lowest BCUT2D eigenvalue weighted by Crippen LogP contribution is -2.38. The Kier molecular flexibility index (Phi) is 4.05. The van der Waals surface area contributed by atoms with E-state index in [9.17, 15) is 4.79 Å². The van der Waals surface area contributed by atoms with Gasteiger partial charge < -0.3 is 4.90 Å². The molecule has 1 saturated heterocycles. The van der Waals surface area contributed by atoms with Crippen LogP contribution in [0.1, 0.15) is 28.9 Å². The van der Waals surface area contributed by atoms with Crippen LogP contribution in [0.5, 0.6) is 0 Å². The zero-order valence-electron chi connectivity index (χ0n) is 14.1. The van der Waals surface area contributed by atoms with Crippen molar-refractivity contribution in [3.63, 3.8) is 0 Å². The van der Waals surface area contributed by atoms with E-state index in [2.05, 4.69) is 15.4 Å². The summed E-state index contributed by atoms with van der Waals surface area (Å²) in [5.74, 6) is 0.0438. The smallest absolute Gasteiger partial charge is 0.257 e. The second kappa shape index (κ2) is 6.51. The molecule has 7 nitrogen and oxygen atoms in total. The third kappa shape index (κ3) is 2.93. The minimum Gasteiger partial charge on any atom is -0.334 e. The maximum atomic E-state index is 13.1. The quantitative estimate of drug-likeness (QED) is 0.731. The van der Waals surface area contributed by atoms with E-state index in [1.54, 1.807) is 17.1 Å². The van der Waals surface area contributed by atoms with Gasteiger partial charge >= 0.3 is 0 Å². The number of carbonyl (C=O) groups is 1. The van der Waals surface area contributed by atoms with Crippen LogP contribution in [0.25, 0.3) is 5.69 Å². The van der Waals surface area contributed by atoms with E-state index in [4.69, 9.17) is 0 Å². The Bertz CT molecular complexity index is 855. The molecule has 128 valence electrons. The molecule has 0 radical (unpaired) electrons. The molecule has 0 spiro atoms. The second-order valence-corrected chi connectivity index (χ2v) is 6.31. The molecule has 4 rings (SSSR count). The van der Waals surface area contributed by atoms with Crippen LogP contribution >= 0.6 is 0 Å². The summed E-state index contributed by atoms with van der Waals surface area (Å²) in [5, 5.41) is 12.3. The highest BCUT2D eigenvalue weighted by molar-refractivity contribution is 5.95. The van der Waals surface area contributed by atoms with Crippen LogP contribution < -0.4 is 0 Å². The summed E-state index contributed by atoms with van der Waals surface area (Å²) in [7, 11) is 0. The van der Waals surface area contributed by atoms with Crippen LogP contribution in [0.15, 0.2) is 48.9 Å². The molecule has 1 atom stereocenters. The van der Waals surface area contributed by atoms with E-state index in [1.807, 2.05) is 53.0 Å². The van der Waals surface area contributed by atoms with Gasteiger partial charge in [-0.05, 0) is 31.9 Å². The van der Waals surface area contributed by atoms with Gasteiger partial charge in [0.1, 0.15) is 0 Å². The van der Waals surface area contributed by atoms with E-state index in [1.165, 1.54) is 0 Å². The van der Waals surface area contributed by atoms with Crippen molar-refractivity contribution < 1.29 is 4.79 Å². The van der Waals surface area contributed by atoms with Gasteiger partial charge in [-0.3, -0.25) is 9.48 Å². The van der Waals surface area contributed by atoms with Gasteiger partial charge in [-0.1, -0.05) is 23.4 Å². The lowest BCUT2D eigenvalue weighted by molar-refractivity contribution is 0.0720. The highest BCUT2D eigenvalue weighted by Crippen LogP contribution is 2.23. The molecule has 1 amide bonds. The van der Waals surface area contributed by atoms with Crippen LogP contribution in [-0.4, -0.2) is 48.2 Å². The topological polar surface area (TPSA) is 68.8 Å². The van der Waals surface area contributed by atoms with E-state index < -0.39 is 0 Å². The van der Waals surface area contributed by atoms with E-state index in [0.717, 1.165) is 30.8 Å². The van der Waals surface area contributed by atoms with Crippen molar-refractivity contribution in [1.82, 2.24) is 29.7 Å². The minimum atomic E-state index is 0.0438. The summed E-state index contributed by atoms with van der Waals surface area (Å²) < 4.78 is 3.60. The first-order valence-electron chi connectivity index (χ1n) is 8.49. The highest BCUT2D eigenvalue weighted by atomic mass is 16.2. The Labute approximate surface area is 145 Å². The van der Waals surface area contributed by atoms with Crippen molar-refractivity contribution in [1.29, 1.82) is 0 Å². The van der Waals surface area contributed by atoms with Crippen molar-refractivity contribution in [3.05, 3.63) is 60.2 Å². The molecule has 2 aromatic heterocycles. The molecule has 3 heterocycles. The van der Waals surface area contributed by atoms with Crippen molar-refractivity contribution in [2.45, 2.75) is 32.4 Å². The number of amides is 1. The molecular weight excluding hydrogens is 316 g/mol. The molecular formula is C18H20N6O. The second-order valence-electron chi connectivity index (χ2n) is 6.31. The number of rotatable bonds is 4. The van der Waals surface area contributed by atoms with Gasteiger partial charge in [-0.2, -0.15) is 5.10 Å². The molecule has 0 aliphatic carbocycles. The molecule has 0 N–H and O–H groups in total. The standard InChI is InChI=1S/C18H20N6O/c1-14-17(12-20-24(14)15-6-3-2-4-7-15)18(25)23-10-5-8-16(23)13-22-11-9-19-21-22/h2-4,6-7,9,11-12,16H,5,8,10,13H2,1H3/t16-/m0/s1. The van der Waals surface area contributed by atoms with E-state index in [0.29, 0.717) is 12.1 Å². The minimum absolute atomic E-state index is 0.0438. The predicted octanol–water partition coefficient (Wildman–Crippen LogP) is 2.08. The average molecular weight is 336 g/mol. The summed E-state index contributed by atoms with van der Waals surface area (Å²) >= 11 is 0. The molecule has 1 aromatic carbocycles. The number of carbonyl (C=O) groups excluding carboxylic acids is 1. The maximum absolute atomic E-state index is 13.1.